The highest BCUT2D eigenvalue weighted by Gasteiger charge is 2.28. The van der Waals surface area contributed by atoms with Gasteiger partial charge in [-0.3, -0.25) is 9.48 Å². The van der Waals surface area contributed by atoms with Crippen molar-refractivity contribution in [3.05, 3.63) is 51.9 Å². The minimum Gasteiger partial charge on any atom is -0.462 e. The van der Waals surface area contributed by atoms with Crippen molar-refractivity contribution in [2.45, 2.75) is 20.1 Å². The van der Waals surface area contributed by atoms with Crippen molar-refractivity contribution < 1.29 is 14.3 Å². The van der Waals surface area contributed by atoms with Gasteiger partial charge in [0.1, 0.15) is 0 Å². The van der Waals surface area contributed by atoms with E-state index in [2.05, 4.69) is 0 Å². The second-order valence-electron chi connectivity index (χ2n) is 4.67. The van der Waals surface area contributed by atoms with Crippen LogP contribution in [-0.4, -0.2) is 28.5 Å². The van der Waals surface area contributed by atoms with E-state index in [4.69, 9.17) is 9.47 Å². The summed E-state index contributed by atoms with van der Waals surface area (Å²) in [5.74, 6) is -0.591. The molecule has 2 heterocycles. The molecule has 3 rings (SSSR count). The van der Waals surface area contributed by atoms with Crippen molar-refractivity contribution in [1.29, 1.82) is 0 Å². The third-order valence-electron chi connectivity index (χ3n) is 3.41. The number of nitrogens with zero attached hydrogens (tertiary/aromatic N) is 2. The van der Waals surface area contributed by atoms with Gasteiger partial charge in [0.2, 0.25) is 0 Å². The average Bonchev–Trinajstić information content (AvgIpc) is 2.80. The average molecular weight is 288 g/mol. The summed E-state index contributed by atoms with van der Waals surface area (Å²) in [5.41, 5.74) is 1.01. The highest BCUT2D eigenvalue weighted by atomic mass is 16.5. The topological polar surface area (TPSA) is 62.5 Å². The lowest BCUT2D eigenvalue weighted by molar-refractivity contribution is 0.0501. The molecular formula is C15H16N2O4. The van der Waals surface area contributed by atoms with E-state index >= 15 is 0 Å². The molecule has 1 aliphatic rings. The number of fused-ring (bicyclic) bond motifs is 1. The normalized spacial score (nSPS) is 13.8. The number of esters is 1. The van der Waals surface area contributed by atoms with Crippen molar-refractivity contribution in [3.8, 4) is 5.69 Å². The molecule has 0 radical (unpaired) electrons. The highest BCUT2D eigenvalue weighted by molar-refractivity contribution is 5.90. The van der Waals surface area contributed by atoms with Crippen LogP contribution < -0.4 is 5.56 Å². The Hall–Kier alpha value is -2.34. The third-order valence-corrected chi connectivity index (χ3v) is 3.41. The quantitative estimate of drug-likeness (QED) is 0.800. The molecule has 6 nitrogen and oxygen atoms in total. The monoisotopic (exact) mass is 288 g/mol. The van der Waals surface area contributed by atoms with E-state index in [1.807, 2.05) is 30.3 Å². The largest absolute Gasteiger partial charge is 0.462 e. The molecule has 0 saturated heterocycles. The Kier molecular flexibility index (Phi) is 3.62. The van der Waals surface area contributed by atoms with Gasteiger partial charge in [-0.15, -0.1) is 0 Å². The Morgan fingerprint density at radius 1 is 1.33 bits per heavy atom. The summed E-state index contributed by atoms with van der Waals surface area (Å²) >= 11 is 0. The van der Waals surface area contributed by atoms with E-state index in [1.165, 1.54) is 4.68 Å². The maximum absolute atomic E-state index is 12.7. The van der Waals surface area contributed by atoms with Gasteiger partial charge in [0.15, 0.2) is 5.56 Å². The Labute approximate surface area is 121 Å². The van der Waals surface area contributed by atoms with E-state index in [9.17, 15) is 9.59 Å². The molecule has 0 atom stereocenters. The second-order valence-corrected chi connectivity index (χ2v) is 4.67. The second kappa shape index (κ2) is 5.57. The van der Waals surface area contributed by atoms with Crippen molar-refractivity contribution >= 4 is 5.97 Å². The van der Waals surface area contributed by atoms with Crippen LogP contribution in [-0.2, 0) is 22.6 Å². The number of rotatable bonds is 3. The van der Waals surface area contributed by atoms with Gasteiger partial charge in [0, 0.05) is 0 Å². The maximum atomic E-state index is 12.7. The van der Waals surface area contributed by atoms with Gasteiger partial charge in [0.05, 0.1) is 37.7 Å². The number of aromatic nitrogens is 2. The van der Waals surface area contributed by atoms with Crippen LogP contribution in [0, 0.1) is 0 Å². The third kappa shape index (κ3) is 2.27. The lowest BCUT2D eigenvalue weighted by Gasteiger charge is -2.19. The fourth-order valence-electron chi connectivity index (χ4n) is 2.52. The number of carbonyl (C=O) groups is 1. The molecule has 0 N–H and O–H groups in total. The molecule has 1 aromatic heterocycles. The number of ether oxygens (including phenoxy) is 2. The molecule has 0 amide bonds. The van der Waals surface area contributed by atoms with Gasteiger partial charge >= 0.3 is 5.97 Å². The number of benzene rings is 1. The molecule has 1 aromatic carbocycles. The van der Waals surface area contributed by atoms with Gasteiger partial charge < -0.3 is 9.47 Å². The smallest absolute Gasteiger partial charge is 0.345 e. The molecule has 0 fully saturated rings. The Morgan fingerprint density at radius 3 is 2.81 bits per heavy atom. The van der Waals surface area contributed by atoms with E-state index in [1.54, 1.807) is 11.6 Å². The summed E-state index contributed by atoms with van der Waals surface area (Å²) < 4.78 is 13.7. The van der Waals surface area contributed by atoms with Crippen LogP contribution in [0.4, 0.5) is 0 Å². The van der Waals surface area contributed by atoms with Crippen molar-refractivity contribution in [2.24, 2.45) is 0 Å². The van der Waals surface area contributed by atoms with Crippen molar-refractivity contribution in [3.63, 3.8) is 0 Å². The zero-order valence-electron chi connectivity index (χ0n) is 11.7. The standard InChI is InChI=1S/C15H16N2O4/c1-2-21-15(19)13-12-10-20-9-8-16(12)17(14(13)18)11-6-4-3-5-7-11/h3-7H,2,8-10H2,1H3. The number of carbonyl (C=O) groups excluding carboxylic acids is 1. The molecular weight excluding hydrogens is 272 g/mol. The number of hydrogen-bond donors (Lipinski definition) is 0. The summed E-state index contributed by atoms with van der Waals surface area (Å²) in [6, 6.07) is 9.25. The summed E-state index contributed by atoms with van der Waals surface area (Å²) in [5, 5.41) is 0. The predicted molar refractivity (Wildman–Crippen MR) is 75.6 cm³/mol. The van der Waals surface area contributed by atoms with Gasteiger partial charge in [-0.1, -0.05) is 18.2 Å². The first-order valence-corrected chi connectivity index (χ1v) is 6.89. The molecule has 0 bridgehead atoms. The van der Waals surface area contributed by atoms with E-state index in [0.717, 1.165) is 5.69 Å². The first-order valence-electron chi connectivity index (χ1n) is 6.89. The van der Waals surface area contributed by atoms with Gasteiger partial charge in [-0.05, 0) is 19.1 Å². The minimum absolute atomic E-state index is 0.0698. The van der Waals surface area contributed by atoms with Crippen molar-refractivity contribution in [1.82, 2.24) is 9.36 Å². The molecule has 0 aliphatic carbocycles. The van der Waals surface area contributed by atoms with E-state index < -0.39 is 5.97 Å². The summed E-state index contributed by atoms with van der Waals surface area (Å²) in [7, 11) is 0. The van der Waals surface area contributed by atoms with Crippen LogP contribution in [0.3, 0.4) is 0 Å². The molecule has 0 unspecified atom stereocenters. The van der Waals surface area contributed by atoms with Crippen LogP contribution in [0.5, 0.6) is 0 Å². The minimum atomic E-state index is -0.591. The first-order chi connectivity index (χ1) is 10.2. The van der Waals surface area contributed by atoms with E-state index in [-0.39, 0.29) is 24.3 Å². The predicted octanol–water partition coefficient (Wildman–Crippen LogP) is 1.35. The molecule has 0 saturated carbocycles. The molecule has 2 aromatic rings. The van der Waals surface area contributed by atoms with Gasteiger partial charge in [0.25, 0.3) is 5.56 Å². The van der Waals surface area contributed by atoms with Gasteiger partial charge in [-0.25, -0.2) is 9.48 Å². The maximum Gasteiger partial charge on any atom is 0.345 e. The fourth-order valence-corrected chi connectivity index (χ4v) is 2.52. The Morgan fingerprint density at radius 2 is 2.10 bits per heavy atom. The van der Waals surface area contributed by atoms with Crippen LogP contribution >= 0.6 is 0 Å². The molecule has 110 valence electrons. The highest BCUT2D eigenvalue weighted by Crippen LogP contribution is 2.17. The Balaban J connectivity index is 2.22. The van der Waals surface area contributed by atoms with Crippen LogP contribution in [0.25, 0.3) is 5.69 Å². The van der Waals surface area contributed by atoms with Crippen LogP contribution in [0.1, 0.15) is 23.0 Å². The summed E-state index contributed by atoms with van der Waals surface area (Å²) in [6.45, 7) is 3.22. The Bertz CT molecular complexity index is 715. The molecule has 6 heteroatoms. The lowest BCUT2D eigenvalue weighted by atomic mass is 10.2. The molecule has 21 heavy (non-hydrogen) atoms. The van der Waals surface area contributed by atoms with Crippen LogP contribution in [0.15, 0.2) is 35.1 Å². The zero-order chi connectivity index (χ0) is 14.8. The van der Waals surface area contributed by atoms with Crippen molar-refractivity contribution in [2.75, 3.05) is 13.2 Å². The molecule has 0 spiro atoms. The first kappa shape index (κ1) is 13.6. The molecule has 1 aliphatic heterocycles. The number of para-hydroxylation sites is 1. The zero-order valence-corrected chi connectivity index (χ0v) is 11.7. The fraction of sp³-hybridized carbons (Fsp3) is 0.333. The lowest BCUT2D eigenvalue weighted by Crippen LogP contribution is -2.26. The van der Waals surface area contributed by atoms with E-state index in [0.29, 0.717) is 18.8 Å². The summed E-state index contributed by atoms with van der Waals surface area (Å²) in [4.78, 5) is 24.7. The van der Waals surface area contributed by atoms with Crippen LogP contribution in [0.2, 0.25) is 0 Å². The van der Waals surface area contributed by atoms with Gasteiger partial charge in [-0.2, -0.15) is 0 Å². The SMILES string of the molecule is CCOC(=O)c1c2n(n(-c3ccccc3)c1=O)CCOC2. The summed E-state index contributed by atoms with van der Waals surface area (Å²) in [6.07, 6.45) is 0. The number of hydrogen-bond acceptors (Lipinski definition) is 4.